The zero-order valence-electron chi connectivity index (χ0n) is 15.0. The Balaban J connectivity index is 1.57. The summed E-state index contributed by atoms with van der Waals surface area (Å²) in [5, 5.41) is 0. The first-order valence-corrected chi connectivity index (χ1v) is 10.3. The molecule has 2 heterocycles. The molecule has 0 unspecified atom stereocenters. The van der Waals surface area contributed by atoms with Crippen LogP contribution in [0, 0.1) is 0 Å². The van der Waals surface area contributed by atoms with Gasteiger partial charge in [-0.15, -0.1) is 0 Å². The van der Waals surface area contributed by atoms with Crippen LogP contribution in [-0.4, -0.2) is 60.9 Å². The van der Waals surface area contributed by atoms with Crippen molar-refractivity contribution in [1.29, 1.82) is 0 Å². The number of para-hydroxylation sites is 2. The molecular weight excluding hydrogens is 372 g/mol. The highest BCUT2D eigenvalue weighted by Crippen LogP contribution is 2.18. The van der Waals surface area contributed by atoms with E-state index in [2.05, 4.69) is 4.98 Å². The van der Waals surface area contributed by atoms with Crippen LogP contribution in [0.5, 0.6) is 0 Å². The number of esters is 1. The smallest absolute Gasteiger partial charge is 0.331 e. The third-order valence-corrected chi connectivity index (χ3v) is 6.17. The van der Waals surface area contributed by atoms with E-state index in [1.807, 2.05) is 12.1 Å². The van der Waals surface area contributed by atoms with Gasteiger partial charge in [-0.25, -0.2) is 18.2 Å². The summed E-state index contributed by atoms with van der Waals surface area (Å²) in [5.41, 5.74) is 1.27. The Labute approximate surface area is 156 Å². The van der Waals surface area contributed by atoms with Crippen molar-refractivity contribution < 1.29 is 27.2 Å². The first-order chi connectivity index (χ1) is 12.7. The Hall–Kier alpha value is -2.68. The van der Waals surface area contributed by atoms with Crippen LogP contribution in [0.1, 0.15) is 19.2 Å². The van der Waals surface area contributed by atoms with Crippen LogP contribution >= 0.6 is 0 Å². The number of fused-ring (bicyclic) bond motifs is 1. The number of sulfone groups is 1. The molecule has 1 aromatic carbocycles. The van der Waals surface area contributed by atoms with Crippen molar-refractivity contribution in [2.75, 3.05) is 18.6 Å². The van der Waals surface area contributed by atoms with Gasteiger partial charge >= 0.3 is 5.97 Å². The Bertz CT molecular complexity index is 961. The molecule has 0 radical (unpaired) electrons. The van der Waals surface area contributed by atoms with Crippen LogP contribution in [-0.2, 0) is 24.2 Å². The van der Waals surface area contributed by atoms with Crippen LogP contribution in [0.15, 0.2) is 34.8 Å². The minimum atomic E-state index is -3.10. The normalized spacial score (nSPS) is 20.0. The maximum absolute atomic E-state index is 12.4. The largest absolute Gasteiger partial charge is 0.449 e. The SMILES string of the molecule is C[C@@H](OC(=O)/C=C/c1nc2ccccc2o1)C(=O)N(C)[C@H]1CCS(=O)(=O)C1. The van der Waals surface area contributed by atoms with E-state index in [0.717, 1.165) is 6.08 Å². The van der Waals surface area contributed by atoms with Crippen LogP contribution in [0.2, 0.25) is 0 Å². The van der Waals surface area contributed by atoms with Crippen LogP contribution < -0.4 is 0 Å². The van der Waals surface area contributed by atoms with E-state index in [4.69, 9.17) is 9.15 Å². The van der Waals surface area contributed by atoms with E-state index in [1.165, 1.54) is 24.9 Å². The average Bonchev–Trinajstić information content (AvgIpc) is 3.21. The number of carbonyl (C=O) groups excluding carboxylic acids is 2. The number of oxazole rings is 1. The maximum Gasteiger partial charge on any atom is 0.331 e. The van der Waals surface area contributed by atoms with E-state index in [1.54, 1.807) is 12.1 Å². The predicted molar refractivity (Wildman–Crippen MR) is 98.4 cm³/mol. The van der Waals surface area contributed by atoms with Crippen molar-refractivity contribution in [1.82, 2.24) is 9.88 Å². The number of amides is 1. The zero-order chi connectivity index (χ0) is 19.6. The molecule has 1 aromatic heterocycles. The maximum atomic E-state index is 12.4. The molecule has 8 nitrogen and oxygen atoms in total. The van der Waals surface area contributed by atoms with E-state index >= 15 is 0 Å². The summed E-state index contributed by atoms with van der Waals surface area (Å²) in [7, 11) is -1.58. The van der Waals surface area contributed by atoms with Gasteiger partial charge in [-0.1, -0.05) is 12.1 Å². The highest BCUT2D eigenvalue weighted by atomic mass is 32.2. The van der Waals surface area contributed by atoms with E-state index in [0.29, 0.717) is 17.5 Å². The van der Waals surface area contributed by atoms with Gasteiger partial charge in [0.1, 0.15) is 5.52 Å². The number of nitrogens with zero attached hydrogens (tertiary/aromatic N) is 2. The minimum absolute atomic E-state index is 0.0620. The number of hydrogen-bond acceptors (Lipinski definition) is 7. The number of rotatable bonds is 5. The third-order valence-electron chi connectivity index (χ3n) is 4.42. The van der Waals surface area contributed by atoms with Crippen LogP contribution in [0.4, 0.5) is 0 Å². The number of benzene rings is 1. The molecule has 1 aliphatic rings. The molecule has 3 rings (SSSR count). The second-order valence-corrected chi connectivity index (χ2v) is 8.67. The number of aromatic nitrogens is 1. The lowest BCUT2D eigenvalue weighted by Gasteiger charge is -2.26. The van der Waals surface area contributed by atoms with Crippen molar-refractivity contribution in [2.24, 2.45) is 0 Å². The van der Waals surface area contributed by atoms with Gasteiger partial charge in [-0.05, 0) is 25.5 Å². The lowest BCUT2D eigenvalue weighted by molar-refractivity contribution is -0.155. The second-order valence-electron chi connectivity index (χ2n) is 6.44. The summed E-state index contributed by atoms with van der Waals surface area (Å²) < 4.78 is 33.7. The van der Waals surface area contributed by atoms with Crippen molar-refractivity contribution in [3.63, 3.8) is 0 Å². The number of hydrogen-bond donors (Lipinski definition) is 0. The molecule has 2 aromatic rings. The summed E-state index contributed by atoms with van der Waals surface area (Å²) in [6, 6.07) is 6.80. The highest BCUT2D eigenvalue weighted by molar-refractivity contribution is 7.91. The Morgan fingerprint density at radius 2 is 2.11 bits per heavy atom. The summed E-state index contributed by atoms with van der Waals surface area (Å²) >= 11 is 0. The van der Waals surface area contributed by atoms with Gasteiger partial charge in [-0.2, -0.15) is 0 Å². The summed E-state index contributed by atoms with van der Waals surface area (Å²) in [6.07, 6.45) is 1.86. The van der Waals surface area contributed by atoms with Crippen molar-refractivity contribution in [2.45, 2.75) is 25.5 Å². The topological polar surface area (TPSA) is 107 Å². The van der Waals surface area contributed by atoms with Gasteiger partial charge in [0.2, 0.25) is 5.89 Å². The number of carbonyl (C=O) groups is 2. The lowest BCUT2D eigenvalue weighted by Crippen LogP contribution is -2.44. The Morgan fingerprint density at radius 3 is 2.78 bits per heavy atom. The molecule has 0 saturated carbocycles. The number of ether oxygens (including phenoxy) is 1. The molecule has 1 aliphatic heterocycles. The molecule has 2 atom stereocenters. The second kappa shape index (κ2) is 7.51. The molecule has 9 heteroatoms. The average molecular weight is 392 g/mol. The molecule has 0 aliphatic carbocycles. The Kier molecular flexibility index (Phi) is 5.31. The first-order valence-electron chi connectivity index (χ1n) is 8.46. The fraction of sp³-hybridized carbons (Fsp3) is 0.389. The third kappa shape index (κ3) is 4.54. The van der Waals surface area contributed by atoms with Gasteiger partial charge in [0.05, 0.1) is 11.5 Å². The summed E-state index contributed by atoms with van der Waals surface area (Å²) in [5.74, 6) is -0.906. The van der Waals surface area contributed by atoms with Crippen molar-refractivity contribution in [3.05, 3.63) is 36.2 Å². The lowest BCUT2D eigenvalue weighted by atomic mass is 10.2. The summed E-state index contributed by atoms with van der Waals surface area (Å²) in [6.45, 7) is 1.45. The van der Waals surface area contributed by atoms with Crippen molar-refractivity contribution in [3.8, 4) is 0 Å². The van der Waals surface area contributed by atoms with Crippen molar-refractivity contribution >= 4 is 38.9 Å². The molecule has 1 saturated heterocycles. The van der Waals surface area contributed by atoms with Gasteiger partial charge in [0.25, 0.3) is 5.91 Å². The van der Waals surface area contributed by atoms with Crippen LogP contribution in [0.3, 0.4) is 0 Å². The van der Waals surface area contributed by atoms with E-state index < -0.39 is 27.8 Å². The van der Waals surface area contributed by atoms with Gasteiger partial charge in [0.15, 0.2) is 21.5 Å². The monoisotopic (exact) mass is 392 g/mol. The van der Waals surface area contributed by atoms with E-state index in [-0.39, 0.29) is 23.4 Å². The molecule has 1 amide bonds. The van der Waals surface area contributed by atoms with E-state index in [9.17, 15) is 18.0 Å². The first kappa shape index (κ1) is 19.1. The molecule has 1 fully saturated rings. The fourth-order valence-corrected chi connectivity index (χ4v) is 4.69. The molecule has 27 heavy (non-hydrogen) atoms. The molecule has 0 bridgehead atoms. The minimum Gasteiger partial charge on any atom is -0.449 e. The molecule has 0 spiro atoms. The fourth-order valence-electron chi connectivity index (χ4n) is 2.91. The quantitative estimate of drug-likeness (QED) is 0.559. The van der Waals surface area contributed by atoms with Gasteiger partial charge in [0, 0.05) is 25.2 Å². The zero-order valence-corrected chi connectivity index (χ0v) is 15.8. The van der Waals surface area contributed by atoms with Gasteiger partial charge < -0.3 is 14.1 Å². The molecule has 144 valence electrons. The number of likely N-dealkylation sites (N-methyl/N-ethyl adjacent to an activating group) is 1. The van der Waals surface area contributed by atoms with Crippen LogP contribution in [0.25, 0.3) is 17.2 Å². The molecule has 0 N–H and O–H groups in total. The Morgan fingerprint density at radius 1 is 1.37 bits per heavy atom. The predicted octanol–water partition coefficient (Wildman–Crippen LogP) is 1.42. The molecular formula is C18H20N2O6S. The highest BCUT2D eigenvalue weighted by Gasteiger charge is 2.34. The summed E-state index contributed by atoms with van der Waals surface area (Å²) in [4.78, 5) is 29.9. The standard InChI is InChI=1S/C18H20N2O6S/c1-12(18(22)20(2)13-9-10-27(23,24)11-13)25-17(21)8-7-16-19-14-5-3-4-6-15(14)26-16/h3-8,12-13H,9-11H2,1-2H3/b8-7+/t12-,13+/m1/s1. The van der Waals surface area contributed by atoms with Gasteiger partial charge in [-0.3, -0.25) is 4.79 Å².